The monoisotopic (exact) mass is 324 g/mol. The molecule has 0 aliphatic carbocycles. The van der Waals surface area contributed by atoms with Gasteiger partial charge in [0.2, 0.25) is 11.8 Å². The zero-order chi connectivity index (χ0) is 17.5. The van der Waals surface area contributed by atoms with Gasteiger partial charge in [0, 0.05) is 31.7 Å². The van der Waals surface area contributed by atoms with Gasteiger partial charge in [-0.05, 0) is 18.6 Å². The molecule has 1 fully saturated rings. The number of hydrogen-bond donors (Lipinski definition) is 0. The molecule has 0 aromatic heterocycles. The molecule has 1 aromatic rings. The predicted molar refractivity (Wildman–Crippen MR) is 88.7 cm³/mol. The zero-order valence-electron chi connectivity index (χ0n) is 13.7. The predicted octanol–water partition coefficient (Wildman–Crippen LogP) is 2.00. The second kappa shape index (κ2) is 8.12. The second-order valence-electron chi connectivity index (χ2n) is 5.83. The number of carbonyl (C=O) groups excluding carboxylic acids is 2. The maximum Gasteiger partial charge on any atom is 0.228 e. The summed E-state index contributed by atoms with van der Waals surface area (Å²) in [4.78, 5) is 28.2. The third kappa shape index (κ3) is 3.91. The molecular weight excluding hydrogens is 304 g/mol. The Hall–Kier alpha value is -2.86. The number of hydrogen-bond acceptors (Lipinski definition) is 4. The molecule has 2 rings (SSSR count). The summed E-state index contributed by atoms with van der Waals surface area (Å²) in [5, 5.41) is 17.5. The molecular formula is C18H20N4O2. The van der Waals surface area contributed by atoms with Gasteiger partial charge in [0.25, 0.3) is 0 Å². The lowest BCUT2D eigenvalue weighted by molar-refractivity contribution is -0.135. The van der Waals surface area contributed by atoms with Crippen LogP contribution in [0.5, 0.6) is 0 Å². The van der Waals surface area contributed by atoms with Crippen molar-refractivity contribution in [3.05, 3.63) is 29.8 Å². The summed E-state index contributed by atoms with van der Waals surface area (Å²) in [7, 11) is 0. The Balaban J connectivity index is 2.11. The van der Waals surface area contributed by atoms with Crippen molar-refractivity contribution < 1.29 is 9.59 Å². The number of benzene rings is 1. The zero-order valence-corrected chi connectivity index (χ0v) is 13.7. The summed E-state index contributed by atoms with van der Waals surface area (Å²) in [5.74, 6) is -0.636. The molecule has 24 heavy (non-hydrogen) atoms. The topological polar surface area (TPSA) is 88.2 Å². The molecule has 6 nitrogen and oxygen atoms in total. The van der Waals surface area contributed by atoms with E-state index in [4.69, 9.17) is 10.5 Å². The molecule has 0 bridgehead atoms. The van der Waals surface area contributed by atoms with Crippen molar-refractivity contribution in [2.75, 3.05) is 24.5 Å². The summed E-state index contributed by atoms with van der Waals surface area (Å²) in [6.45, 7) is 2.88. The van der Waals surface area contributed by atoms with Crippen LogP contribution in [0.1, 0.15) is 24.8 Å². The van der Waals surface area contributed by atoms with Crippen LogP contribution in [-0.2, 0) is 9.59 Å². The van der Waals surface area contributed by atoms with Crippen molar-refractivity contribution in [1.29, 1.82) is 10.5 Å². The SMILES string of the molecule is Cc1ccccc1N1C[C@@H](C(=O)N(CCC#N)CCC#N)CC1=O. The first-order valence-corrected chi connectivity index (χ1v) is 7.97. The van der Waals surface area contributed by atoms with Crippen LogP contribution in [0.4, 0.5) is 5.69 Å². The number of aryl methyl sites for hydroxylation is 1. The standard InChI is InChI=1S/C18H20N4O2/c1-14-6-2-3-7-16(14)22-13-15(12-17(22)23)18(24)21(10-4-8-19)11-5-9-20/h2-3,6-7,15H,4-5,10-13H2,1H3/t15-/m0/s1. The fourth-order valence-corrected chi connectivity index (χ4v) is 2.93. The lowest BCUT2D eigenvalue weighted by Gasteiger charge is -2.24. The average Bonchev–Trinajstić information content (AvgIpc) is 2.96. The van der Waals surface area contributed by atoms with Gasteiger partial charge in [-0.3, -0.25) is 9.59 Å². The highest BCUT2D eigenvalue weighted by molar-refractivity contribution is 6.00. The summed E-state index contributed by atoms with van der Waals surface area (Å²) < 4.78 is 0. The Kier molecular flexibility index (Phi) is 5.92. The third-order valence-electron chi connectivity index (χ3n) is 4.18. The first-order chi connectivity index (χ1) is 11.6. The van der Waals surface area contributed by atoms with Gasteiger partial charge in [0.05, 0.1) is 30.9 Å². The van der Waals surface area contributed by atoms with Gasteiger partial charge in [-0.2, -0.15) is 10.5 Å². The molecule has 0 spiro atoms. The average molecular weight is 324 g/mol. The Morgan fingerprint density at radius 1 is 1.25 bits per heavy atom. The first-order valence-electron chi connectivity index (χ1n) is 7.97. The van der Waals surface area contributed by atoms with Crippen LogP contribution in [0.15, 0.2) is 24.3 Å². The smallest absolute Gasteiger partial charge is 0.228 e. The van der Waals surface area contributed by atoms with Crippen LogP contribution in [0.25, 0.3) is 0 Å². The van der Waals surface area contributed by atoms with Crippen LogP contribution in [0, 0.1) is 35.5 Å². The minimum Gasteiger partial charge on any atom is -0.340 e. The Morgan fingerprint density at radius 3 is 2.46 bits per heavy atom. The molecule has 124 valence electrons. The summed E-state index contributed by atoms with van der Waals surface area (Å²) in [5.41, 5.74) is 1.82. The maximum absolute atomic E-state index is 12.7. The van der Waals surface area contributed by atoms with Gasteiger partial charge in [-0.15, -0.1) is 0 Å². The van der Waals surface area contributed by atoms with Crippen molar-refractivity contribution in [3.63, 3.8) is 0 Å². The molecule has 1 aliphatic heterocycles. The quantitative estimate of drug-likeness (QED) is 0.800. The number of rotatable bonds is 6. The maximum atomic E-state index is 12.7. The lowest BCUT2D eigenvalue weighted by Crippen LogP contribution is -2.38. The highest BCUT2D eigenvalue weighted by Crippen LogP contribution is 2.28. The van der Waals surface area contributed by atoms with E-state index in [1.54, 1.807) is 4.90 Å². The Morgan fingerprint density at radius 2 is 1.88 bits per heavy atom. The molecule has 0 radical (unpaired) electrons. The molecule has 1 aromatic carbocycles. The van der Waals surface area contributed by atoms with E-state index < -0.39 is 5.92 Å². The molecule has 0 unspecified atom stereocenters. The van der Waals surface area contributed by atoms with E-state index in [0.717, 1.165) is 11.3 Å². The van der Waals surface area contributed by atoms with Gasteiger partial charge in [0.1, 0.15) is 0 Å². The molecule has 1 aliphatic rings. The van der Waals surface area contributed by atoms with Crippen LogP contribution >= 0.6 is 0 Å². The van der Waals surface area contributed by atoms with Gasteiger partial charge >= 0.3 is 0 Å². The molecule has 2 amide bonds. The van der Waals surface area contributed by atoms with E-state index in [1.165, 1.54) is 4.90 Å². The van der Waals surface area contributed by atoms with Crippen molar-refractivity contribution in [3.8, 4) is 12.1 Å². The van der Waals surface area contributed by atoms with E-state index in [-0.39, 0.29) is 31.1 Å². The third-order valence-corrected chi connectivity index (χ3v) is 4.18. The first kappa shape index (κ1) is 17.5. The van der Waals surface area contributed by atoms with Crippen LogP contribution < -0.4 is 4.90 Å². The van der Waals surface area contributed by atoms with Crippen molar-refractivity contribution in [2.45, 2.75) is 26.2 Å². The molecule has 6 heteroatoms. The number of amides is 2. The van der Waals surface area contributed by atoms with Crippen LogP contribution in [0.3, 0.4) is 0 Å². The number of anilines is 1. The number of carbonyl (C=O) groups is 2. The van der Waals surface area contributed by atoms with Crippen molar-refractivity contribution in [2.24, 2.45) is 5.92 Å². The van der Waals surface area contributed by atoms with Crippen molar-refractivity contribution >= 4 is 17.5 Å². The lowest BCUT2D eigenvalue weighted by atomic mass is 10.1. The number of para-hydroxylation sites is 1. The highest BCUT2D eigenvalue weighted by atomic mass is 16.2. The van der Waals surface area contributed by atoms with E-state index in [9.17, 15) is 9.59 Å². The normalized spacial score (nSPS) is 16.5. The largest absolute Gasteiger partial charge is 0.340 e. The molecule has 0 saturated carbocycles. The summed E-state index contributed by atoms with van der Waals surface area (Å²) in [6, 6.07) is 11.6. The molecule has 1 saturated heterocycles. The van der Waals surface area contributed by atoms with Gasteiger partial charge < -0.3 is 9.80 Å². The van der Waals surface area contributed by atoms with E-state index in [2.05, 4.69) is 0 Å². The highest BCUT2D eigenvalue weighted by Gasteiger charge is 2.37. The van der Waals surface area contributed by atoms with Crippen molar-refractivity contribution in [1.82, 2.24) is 4.90 Å². The Bertz CT molecular complexity index is 684. The fraction of sp³-hybridized carbons (Fsp3) is 0.444. The summed E-state index contributed by atoms with van der Waals surface area (Å²) in [6.07, 6.45) is 0.613. The van der Waals surface area contributed by atoms with Gasteiger partial charge in [-0.1, -0.05) is 18.2 Å². The number of nitrogens with zero attached hydrogens (tertiary/aromatic N) is 4. The van der Waals surface area contributed by atoms with E-state index in [0.29, 0.717) is 19.6 Å². The van der Waals surface area contributed by atoms with E-state index in [1.807, 2.05) is 43.3 Å². The fourth-order valence-electron chi connectivity index (χ4n) is 2.93. The minimum atomic E-state index is -0.422. The van der Waals surface area contributed by atoms with Crippen LogP contribution in [-0.4, -0.2) is 36.3 Å². The second-order valence-corrected chi connectivity index (χ2v) is 5.83. The van der Waals surface area contributed by atoms with Gasteiger partial charge in [-0.25, -0.2) is 0 Å². The molecule has 1 atom stereocenters. The van der Waals surface area contributed by atoms with E-state index >= 15 is 0 Å². The minimum absolute atomic E-state index is 0.0665. The molecule has 1 heterocycles. The van der Waals surface area contributed by atoms with Gasteiger partial charge in [0.15, 0.2) is 0 Å². The number of nitriles is 2. The molecule has 0 N–H and O–H groups in total. The van der Waals surface area contributed by atoms with Crippen LogP contribution in [0.2, 0.25) is 0 Å². The summed E-state index contributed by atoms with van der Waals surface area (Å²) >= 11 is 0. The Labute approximate surface area is 141 Å².